The summed E-state index contributed by atoms with van der Waals surface area (Å²) in [6, 6.07) is 5.78. The van der Waals surface area contributed by atoms with E-state index in [-0.39, 0.29) is 5.91 Å². The second-order valence-electron chi connectivity index (χ2n) is 5.06. The minimum Gasteiger partial charge on any atom is -0.496 e. The van der Waals surface area contributed by atoms with E-state index in [2.05, 4.69) is 10.5 Å². The molecule has 1 aromatic carbocycles. The van der Waals surface area contributed by atoms with Gasteiger partial charge >= 0.3 is 0 Å². The topological polar surface area (TPSA) is 55.1 Å². The molecule has 1 saturated heterocycles. The van der Waals surface area contributed by atoms with Crippen LogP contribution in [0.2, 0.25) is 0 Å². The Morgan fingerprint density at radius 2 is 2.24 bits per heavy atom. The first kappa shape index (κ1) is 15.9. The van der Waals surface area contributed by atoms with Gasteiger partial charge in [0, 0.05) is 11.5 Å². The summed E-state index contributed by atoms with van der Waals surface area (Å²) in [6.07, 6.45) is 1.66. The summed E-state index contributed by atoms with van der Waals surface area (Å²) in [7, 11) is 1.65. The molecule has 0 atom stereocenters. The molecule has 1 heterocycles. The first-order valence-electron chi connectivity index (χ1n) is 7.07. The lowest BCUT2D eigenvalue weighted by Gasteiger charge is -2.21. The molecule has 0 bridgehead atoms. The predicted molar refractivity (Wildman–Crippen MR) is 86.4 cm³/mol. The van der Waals surface area contributed by atoms with Crippen LogP contribution in [0.25, 0.3) is 0 Å². The summed E-state index contributed by atoms with van der Waals surface area (Å²) >= 11 is 1.95. The molecular weight excluding hydrogens is 286 g/mol. The van der Waals surface area contributed by atoms with Gasteiger partial charge in [0.2, 0.25) is 0 Å². The van der Waals surface area contributed by atoms with Crippen molar-refractivity contribution < 1.29 is 14.4 Å². The molecule has 2 N–H and O–H groups in total. The summed E-state index contributed by atoms with van der Waals surface area (Å²) in [5.74, 6) is 3.09. The van der Waals surface area contributed by atoms with Gasteiger partial charge in [0.15, 0.2) is 6.54 Å². The molecule has 1 fully saturated rings. The summed E-state index contributed by atoms with van der Waals surface area (Å²) in [4.78, 5) is 13.1. The number of ether oxygens (including phenoxy) is 1. The number of hydrogen-bond donors (Lipinski definition) is 2. The lowest BCUT2D eigenvalue weighted by molar-refractivity contribution is -0.888. The molecule has 0 aliphatic carbocycles. The number of benzene rings is 1. The Hall–Kier alpha value is -1.53. The predicted octanol–water partition coefficient (Wildman–Crippen LogP) is 0.0854. The van der Waals surface area contributed by atoms with Crippen LogP contribution in [-0.4, -0.2) is 50.4 Å². The van der Waals surface area contributed by atoms with Crippen molar-refractivity contribution >= 4 is 23.9 Å². The molecule has 0 aromatic heterocycles. The maximum atomic E-state index is 11.8. The van der Waals surface area contributed by atoms with Crippen molar-refractivity contribution in [3.63, 3.8) is 0 Å². The van der Waals surface area contributed by atoms with Crippen LogP contribution in [0.1, 0.15) is 11.1 Å². The highest BCUT2D eigenvalue weighted by atomic mass is 32.2. The standard InChI is InChI=1S/C15H21N3O2S/c1-12-9-13(3-4-14(12)20-2)10-16-17-15(19)11-18-5-7-21-8-6-18/h3-4,9-10H,5-8,11H2,1-2H3,(H,17,19)/p+1/b16-10-. The van der Waals surface area contributed by atoms with Crippen molar-refractivity contribution in [3.8, 4) is 5.75 Å². The number of aryl methyl sites for hydroxylation is 1. The monoisotopic (exact) mass is 308 g/mol. The molecule has 114 valence electrons. The van der Waals surface area contributed by atoms with Crippen LogP contribution < -0.4 is 15.1 Å². The Balaban J connectivity index is 1.81. The molecule has 1 aliphatic heterocycles. The maximum absolute atomic E-state index is 11.8. The summed E-state index contributed by atoms with van der Waals surface area (Å²) in [5, 5.41) is 4.02. The summed E-state index contributed by atoms with van der Waals surface area (Å²) in [5.41, 5.74) is 4.58. The molecular formula is C15H22N3O2S+. The van der Waals surface area contributed by atoms with E-state index in [0.29, 0.717) is 6.54 Å². The third-order valence-electron chi connectivity index (χ3n) is 3.43. The van der Waals surface area contributed by atoms with Crippen LogP contribution in [0, 0.1) is 6.92 Å². The van der Waals surface area contributed by atoms with Crippen molar-refractivity contribution in [3.05, 3.63) is 29.3 Å². The minimum absolute atomic E-state index is 0.0293. The van der Waals surface area contributed by atoms with E-state index in [1.54, 1.807) is 13.3 Å². The number of quaternary nitrogens is 1. The van der Waals surface area contributed by atoms with Gasteiger partial charge in [0.1, 0.15) is 5.75 Å². The van der Waals surface area contributed by atoms with E-state index in [1.165, 1.54) is 4.90 Å². The van der Waals surface area contributed by atoms with Crippen LogP contribution in [0.5, 0.6) is 5.75 Å². The second-order valence-corrected chi connectivity index (χ2v) is 6.29. The van der Waals surface area contributed by atoms with Crippen molar-refractivity contribution in [2.75, 3.05) is 38.2 Å². The first-order chi connectivity index (χ1) is 10.2. The van der Waals surface area contributed by atoms with E-state index in [4.69, 9.17) is 4.74 Å². The highest BCUT2D eigenvalue weighted by Gasteiger charge is 2.16. The average Bonchev–Trinajstić information content (AvgIpc) is 2.48. The van der Waals surface area contributed by atoms with Crippen molar-refractivity contribution in [2.45, 2.75) is 6.92 Å². The maximum Gasteiger partial charge on any atom is 0.295 e. The number of thioether (sulfide) groups is 1. The fourth-order valence-electron chi connectivity index (χ4n) is 2.26. The van der Waals surface area contributed by atoms with E-state index in [9.17, 15) is 4.79 Å². The van der Waals surface area contributed by atoms with Crippen molar-refractivity contribution in [1.82, 2.24) is 5.43 Å². The zero-order valence-electron chi connectivity index (χ0n) is 12.5. The highest BCUT2D eigenvalue weighted by molar-refractivity contribution is 7.99. The number of hydrogen-bond acceptors (Lipinski definition) is 4. The fourth-order valence-corrected chi connectivity index (χ4v) is 3.33. The second kappa shape index (κ2) is 8.05. The molecule has 1 amide bonds. The van der Waals surface area contributed by atoms with Crippen LogP contribution in [0.15, 0.2) is 23.3 Å². The Morgan fingerprint density at radius 1 is 1.48 bits per heavy atom. The van der Waals surface area contributed by atoms with E-state index >= 15 is 0 Å². The number of carbonyl (C=O) groups is 1. The molecule has 1 aliphatic rings. The average molecular weight is 308 g/mol. The molecule has 0 unspecified atom stereocenters. The molecule has 0 spiro atoms. The Kier molecular flexibility index (Phi) is 6.07. The third-order valence-corrected chi connectivity index (χ3v) is 4.42. The van der Waals surface area contributed by atoms with Crippen LogP contribution in [0.4, 0.5) is 0 Å². The number of nitrogens with one attached hydrogen (secondary N) is 2. The number of amides is 1. The van der Waals surface area contributed by atoms with Crippen molar-refractivity contribution in [1.29, 1.82) is 0 Å². The van der Waals surface area contributed by atoms with Gasteiger partial charge < -0.3 is 9.64 Å². The Labute approximate surface area is 129 Å². The molecule has 5 nitrogen and oxygen atoms in total. The summed E-state index contributed by atoms with van der Waals surface area (Å²) < 4.78 is 5.21. The number of hydrazone groups is 1. The molecule has 6 heteroatoms. The van der Waals surface area contributed by atoms with E-state index in [1.807, 2.05) is 36.9 Å². The Morgan fingerprint density at radius 3 is 2.90 bits per heavy atom. The quantitative estimate of drug-likeness (QED) is 0.599. The number of nitrogens with zero attached hydrogens (tertiary/aromatic N) is 1. The van der Waals surface area contributed by atoms with Gasteiger partial charge in [-0.05, 0) is 36.2 Å². The zero-order chi connectivity index (χ0) is 15.1. The largest absolute Gasteiger partial charge is 0.496 e. The fraction of sp³-hybridized carbons (Fsp3) is 0.467. The number of rotatable bonds is 5. The van der Waals surface area contributed by atoms with Crippen LogP contribution in [0.3, 0.4) is 0 Å². The summed E-state index contributed by atoms with van der Waals surface area (Å²) in [6.45, 7) is 4.59. The van der Waals surface area contributed by atoms with E-state index in [0.717, 1.165) is 41.5 Å². The normalized spacial score (nSPS) is 16.1. The number of methoxy groups -OCH3 is 1. The van der Waals surface area contributed by atoms with Gasteiger partial charge in [-0.3, -0.25) is 4.79 Å². The highest BCUT2D eigenvalue weighted by Crippen LogP contribution is 2.17. The molecule has 2 rings (SSSR count). The molecule has 0 saturated carbocycles. The smallest absolute Gasteiger partial charge is 0.295 e. The van der Waals surface area contributed by atoms with Crippen LogP contribution in [-0.2, 0) is 4.79 Å². The lowest BCUT2D eigenvalue weighted by atomic mass is 10.1. The number of carbonyl (C=O) groups excluding carboxylic acids is 1. The van der Waals surface area contributed by atoms with Gasteiger partial charge in [0.25, 0.3) is 5.91 Å². The van der Waals surface area contributed by atoms with Crippen LogP contribution >= 0.6 is 11.8 Å². The van der Waals surface area contributed by atoms with Gasteiger partial charge in [-0.1, -0.05) is 0 Å². The molecule has 21 heavy (non-hydrogen) atoms. The molecule has 1 aromatic rings. The van der Waals surface area contributed by atoms with Gasteiger partial charge in [-0.2, -0.15) is 16.9 Å². The van der Waals surface area contributed by atoms with Crippen molar-refractivity contribution in [2.24, 2.45) is 5.10 Å². The zero-order valence-corrected chi connectivity index (χ0v) is 13.3. The van der Waals surface area contributed by atoms with Gasteiger partial charge in [-0.15, -0.1) is 0 Å². The minimum atomic E-state index is -0.0293. The SMILES string of the molecule is COc1ccc(/C=N\NC(=O)C[NH+]2CCSCC2)cc1C. The lowest BCUT2D eigenvalue weighted by Crippen LogP contribution is -3.14. The van der Waals surface area contributed by atoms with E-state index < -0.39 is 0 Å². The molecule has 0 radical (unpaired) electrons. The first-order valence-corrected chi connectivity index (χ1v) is 8.22. The third kappa shape index (κ3) is 5.06. The Bertz CT molecular complexity index is 514. The van der Waals surface area contributed by atoms with Gasteiger partial charge in [0.05, 0.1) is 26.4 Å². The van der Waals surface area contributed by atoms with Gasteiger partial charge in [-0.25, -0.2) is 5.43 Å².